The van der Waals surface area contributed by atoms with E-state index in [1.807, 2.05) is 39.0 Å². The fourth-order valence-electron chi connectivity index (χ4n) is 3.96. The summed E-state index contributed by atoms with van der Waals surface area (Å²) in [5, 5.41) is 2.75. The molecule has 0 bridgehead atoms. The van der Waals surface area contributed by atoms with Crippen molar-refractivity contribution < 1.29 is 23.9 Å². The van der Waals surface area contributed by atoms with Crippen LogP contribution in [0.15, 0.2) is 30.3 Å². The number of carbonyl (C=O) groups is 3. The summed E-state index contributed by atoms with van der Waals surface area (Å²) in [6.45, 7) is 7.32. The van der Waals surface area contributed by atoms with Crippen molar-refractivity contribution in [2.75, 3.05) is 13.3 Å². The molecule has 4 rings (SSSR count). The number of aryl methyl sites for hydroxylation is 3. The van der Waals surface area contributed by atoms with Gasteiger partial charge in [-0.3, -0.25) is 14.5 Å². The first-order valence-corrected chi connectivity index (χ1v) is 9.81. The topological polar surface area (TPSA) is 84.9 Å². The summed E-state index contributed by atoms with van der Waals surface area (Å²) >= 11 is 0. The van der Waals surface area contributed by atoms with Gasteiger partial charge in [0.25, 0.3) is 5.91 Å². The minimum absolute atomic E-state index is 0.166. The van der Waals surface area contributed by atoms with Crippen LogP contribution in [0.25, 0.3) is 0 Å². The number of Topliss-reactive ketones (excluding diaryl/α,β-unsaturated/α-hetero) is 1. The highest BCUT2D eigenvalue weighted by atomic mass is 16.7. The van der Waals surface area contributed by atoms with E-state index in [4.69, 9.17) is 9.47 Å². The molecule has 7 heteroatoms. The number of hydrogen-bond donors (Lipinski definition) is 1. The SMILES string of the molecule is Cc1cc(C)c(C(=O)CN2C(=O)N[C@@](C)(Cc3ccc4c(c3)OCO4)C2=O)cc1C. The molecule has 3 amide bonds. The number of hydrogen-bond acceptors (Lipinski definition) is 5. The van der Waals surface area contributed by atoms with Gasteiger partial charge in [-0.2, -0.15) is 0 Å². The highest BCUT2D eigenvalue weighted by molar-refractivity contribution is 6.11. The molecule has 0 aliphatic carbocycles. The van der Waals surface area contributed by atoms with E-state index in [1.54, 1.807) is 19.1 Å². The van der Waals surface area contributed by atoms with Crippen molar-refractivity contribution in [2.24, 2.45) is 0 Å². The van der Waals surface area contributed by atoms with Crippen LogP contribution < -0.4 is 14.8 Å². The third kappa shape index (κ3) is 3.40. The highest BCUT2D eigenvalue weighted by Crippen LogP contribution is 2.34. The zero-order chi connectivity index (χ0) is 21.6. The van der Waals surface area contributed by atoms with Crippen molar-refractivity contribution in [3.05, 3.63) is 58.1 Å². The van der Waals surface area contributed by atoms with Crippen molar-refractivity contribution >= 4 is 17.7 Å². The van der Waals surface area contributed by atoms with Gasteiger partial charge in [0.1, 0.15) is 5.54 Å². The zero-order valence-corrected chi connectivity index (χ0v) is 17.5. The van der Waals surface area contributed by atoms with E-state index in [9.17, 15) is 14.4 Å². The molecule has 0 spiro atoms. The van der Waals surface area contributed by atoms with Crippen molar-refractivity contribution in [3.8, 4) is 11.5 Å². The number of fused-ring (bicyclic) bond motifs is 1. The second-order valence-electron chi connectivity index (χ2n) is 8.19. The summed E-state index contributed by atoms with van der Waals surface area (Å²) in [6.07, 6.45) is 0.279. The molecular weight excluding hydrogens is 384 g/mol. The predicted molar refractivity (Wildman–Crippen MR) is 110 cm³/mol. The molecule has 2 aliphatic heterocycles. The molecule has 30 heavy (non-hydrogen) atoms. The first-order chi connectivity index (χ1) is 14.2. The van der Waals surface area contributed by atoms with Crippen molar-refractivity contribution in [3.63, 3.8) is 0 Å². The van der Waals surface area contributed by atoms with Crippen LogP contribution in [-0.2, 0) is 11.2 Å². The molecule has 1 fully saturated rings. The molecule has 1 N–H and O–H groups in total. The number of carbonyl (C=O) groups excluding carboxylic acids is 3. The van der Waals surface area contributed by atoms with Crippen molar-refractivity contribution in [2.45, 2.75) is 39.7 Å². The molecule has 0 radical (unpaired) electrons. The molecule has 1 atom stereocenters. The van der Waals surface area contributed by atoms with E-state index >= 15 is 0 Å². The molecule has 2 aromatic rings. The summed E-state index contributed by atoms with van der Waals surface area (Å²) in [6, 6.07) is 8.63. The van der Waals surface area contributed by atoms with E-state index < -0.39 is 17.5 Å². The monoisotopic (exact) mass is 408 g/mol. The second-order valence-corrected chi connectivity index (χ2v) is 8.19. The second kappa shape index (κ2) is 7.16. The minimum atomic E-state index is -1.14. The third-order valence-corrected chi connectivity index (χ3v) is 5.78. The molecule has 0 unspecified atom stereocenters. The Hall–Kier alpha value is -3.35. The van der Waals surface area contributed by atoms with Gasteiger partial charge in [0.2, 0.25) is 6.79 Å². The zero-order valence-electron chi connectivity index (χ0n) is 17.5. The van der Waals surface area contributed by atoms with Crippen LogP contribution in [0.4, 0.5) is 4.79 Å². The number of ether oxygens (including phenoxy) is 2. The summed E-state index contributed by atoms with van der Waals surface area (Å²) in [7, 11) is 0. The van der Waals surface area contributed by atoms with Crippen LogP contribution in [-0.4, -0.2) is 41.5 Å². The Morgan fingerprint density at radius 2 is 1.73 bits per heavy atom. The van der Waals surface area contributed by atoms with Crippen LogP contribution in [0, 0.1) is 20.8 Å². The predicted octanol–water partition coefficient (Wildman–Crippen LogP) is 3.08. The number of amides is 3. The van der Waals surface area contributed by atoms with Gasteiger partial charge < -0.3 is 14.8 Å². The molecule has 156 valence electrons. The Morgan fingerprint density at radius 1 is 1.03 bits per heavy atom. The van der Waals surface area contributed by atoms with Crippen LogP contribution >= 0.6 is 0 Å². The van der Waals surface area contributed by atoms with Gasteiger partial charge in [-0.15, -0.1) is 0 Å². The van der Waals surface area contributed by atoms with Gasteiger partial charge in [0, 0.05) is 12.0 Å². The molecule has 0 saturated carbocycles. The van der Waals surface area contributed by atoms with Gasteiger partial charge in [-0.05, 0) is 68.1 Å². The largest absolute Gasteiger partial charge is 0.454 e. The van der Waals surface area contributed by atoms with E-state index in [0.29, 0.717) is 17.1 Å². The molecule has 7 nitrogen and oxygen atoms in total. The van der Waals surface area contributed by atoms with E-state index in [2.05, 4.69) is 5.32 Å². The molecule has 1 saturated heterocycles. The minimum Gasteiger partial charge on any atom is -0.454 e. The lowest BCUT2D eigenvalue weighted by Gasteiger charge is -2.22. The van der Waals surface area contributed by atoms with Crippen molar-refractivity contribution in [1.29, 1.82) is 0 Å². The first kappa shape index (κ1) is 19.9. The Bertz CT molecular complexity index is 1080. The van der Waals surface area contributed by atoms with Gasteiger partial charge in [-0.1, -0.05) is 12.1 Å². The number of urea groups is 1. The molecule has 2 aromatic carbocycles. The first-order valence-electron chi connectivity index (χ1n) is 9.81. The Balaban J connectivity index is 1.52. The molecule has 0 aromatic heterocycles. The maximum Gasteiger partial charge on any atom is 0.325 e. The number of imide groups is 1. The van der Waals surface area contributed by atoms with Gasteiger partial charge in [-0.25, -0.2) is 4.79 Å². The number of benzene rings is 2. The number of nitrogens with zero attached hydrogens (tertiary/aromatic N) is 1. The van der Waals surface area contributed by atoms with Gasteiger partial charge in [0.15, 0.2) is 17.3 Å². The third-order valence-electron chi connectivity index (χ3n) is 5.78. The number of rotatable bonds is 5. The number of nitrogens with one attached hydrogen (secondary N) is 1. The lowest BCUT2D eigenvalue weighted by atomic mass is 9.92. The normalized spacial score (nSPS) is 19.9. The fraction of sp³-hybridized carbons (Fsp3) is 0.348. The fourth-order valence-corrected chi connectivity index (χ4v) is 3.96. The Kier molecular flexibility index (Phi) is 4.76. The van der Waals surface area contributed by atoms with Crippen LogP contribution in [0.5, 0.6) is 11.5 Å². The van der Waals surface area contributed by atoms with E-state index in [0.717, 1.165) is 27.2 Å². The van der Waals surface area contributed by atoms with E-state index in [1.165, 1.54) is 0 Å². The van der Waals surface area contributed by atoms with Gasteiger partial charge in [0.05, 0.1) is 6.54 Å². The quantitative estimate of drug-likeness (QED) is 0.607. The molecule has 2 heterocycles. The lowest BCUT2D eigenvalue weighted by Crippen LogP contribution is -2.46. The summed E-state index contributed by atoms with van der Waals surface area (Å²) < 4.78 is 10.7. The highest BCUT2D eigenvalue weighted by Gasteiger charge is 2.48. The standard InChI is InChI=1S/C23H24N2O5/c1-13-7-15(3)17(8-14(13)2)18(26)11-25-21(27)23(4,24-22(25)28)10-16-5-6-19-20(9-16)30-12-29-19/h5-9H,10-12H2,1-4H3,(H,24,28)/t23-/m0/s1. The lowest BCUT2D eigenvalue weighted by molar-refractivity contribution is -0.130. The maximum absolute atomic E-state index is 13.1. The number of ketones is 1. The summed E-state index contributed by atoms with van der Waals surface area (Å²) in [5.41, 5.74) is 3.14. The Morgan fingerprint density at radius 3 is 2.50 bits per heavy atom. The molecular formula is C23H24N2O5. The van der Waals surface area contributed by atoms with Gasteiger partial charge >= 0.3 is 6.03 Å². The Labute approximate surface area is 175 Å². The average Bonchev–Trinajstić information content (AvgIpc) is 3.22. The van der Waals surface area contributed by atoms with Crippen molar-refractivity contribution in [1.82, 2.24) is 10.2 Å². The average molecular weight is 408 g/mol. The summed E-state index contributed by atoms with van der Waals surface area (Å²) in [4.78, 5) is 39.5. The van der Waals surface area contributed by atoms with Crippen LogP contribution in [0.1, 0.15) is 39.5 Å². The maximum atomic E-state index is 13.1. The summed E-state index contributed by atoms with van der Waals surface area (Å²) in [5.74, 6) is 0.596. The van der Waals surface area contributed by atoms with Crippen LogP contribution in [0.3, 0.4) is 0 Å². The smallest absolute Gasteiger partial charge is 0.325 e. The van der Waals surface area contributed by atoms with Crippen LogP contribution in [0.2, 0.25) is 0 Å². The van der Waals surface area contributed by atoms with E-state index in [-0.39, 0.29) is 25.5 Å². The molecule has 2 aliphatic rings.